The quantitative estimate of drug-likeness (QED) is 0.821. The zero-order valence-corrected chi connectivity index (χ0v) is 11.0. The molecule has 2 aromatic rings. The molecule has 0 aliphatic carbocycles. The van der Waals surface area contributed by atoms with Gasteiger partial charge in [0.15, 0.2) is 0 Å². The topological polar surface area (TPSA) is 34.0 Å². The number of aromatic nitrogens is 1. The van der Waals surface area contributed by atoms with E-state index in [2.05, 4.69) is 38.2 Å². The second kappa shape index (κ2) is 5.08. The van der Waals surface area contributed by atoms with Gasteiger partial charge in [0.1, 0.15) is 5.82 Å². The van der Waals surface area contributed by atoms with Crippen molar-refractivity contribution in [2.24, 2.45) is 0 Å². The van der Waals surface area contributed by atoms with Gasteiger partial charge in [-0.05, 0) is 49.6 Å². The first kappa shape index (κ1) is 12.4. The fourth-order valence-corrected chi connectivity index (χ4v) is 2.37. The van der Waals surface area contributed by atoms with Crippen LogP contribution in [0, 0.1) is 20.8 Å². The third-order valence-electron chi connectivity index (χ3n) is 3.21. The number of hydrogen-bond donors (Lipinski definition) is 1. The molecule has 1 heterocycles. The average Bonchev–Trinajstić information content (AvgIpc) is 2.71. The van der Waals surface area contributed by atoms with Crippen LogP contribution in [0.15, 0.2) is 30.5 Å². The highest BCUT2D eigenvalue weighted by Gasteiger charge is 2.06. The second-order valence-electron chi connectivity index (χ2n) is 4.66. The van der Waals surface area contributed by atoms with Gasteiger partial charge in [0.25, 0.3) is 0 Å². The number of benzene rings is 1. The molecule has 3 nitrogen and oxygen atoms in total. The molecule has 2 rings (SSSR count). The normalized spacial score (nSPS) is 10.4. The fourth-order valence-electron chi connectivity index (χ4n) is 2.37. The summed E-state index contributed by atoms with van der Waals surface area (Å²) >= 11 is 0. The van der Waals surface area contributed by atoms with Crippen LogP contribution in [0.3, 0.4) is 0 Å². The Kier molecular flexibility index (Phi) is 3.51. The van der Waals surface area contributed by atoms with Gasteiger partial charge in [0.2, 0.25) is 6.41 Å². The molecule has 3 heteroatoms. The first-order valence-electron chi connectivity index (χ1n) is 6.04. The Labute approximate surface area is 107 Å². The number of rotatable bonds is 4. The number of anilines is 1. The number of nitrogens with zero attached hydrogens (tertiary/aromatic N) is 1. The summed E-state index contributed by atoms with van der Waals surface area (Å²) in [5.74, 6) is 0.823. The maximum absolute atomic E-state index is 10.5. The molecule has 0 radical (unpaired) electrons. The Morgan fingerprint density at radius 1 is 1.22 bits per heavy atom. The maximum atomic E-state index is 10.5. The van der Waals surface area contributed by atoms with E-state index in [9.17, 15) is 4.79 Å². The lowest BCUT2D eigenvalue weighted by molar-refractivity contribution is -0.105. The number of aryl methyl sites for hydroxylation is 3. The van der Waals surface area contributed by atoms with Crippen LogP contribution in [0.25, 0.3) is 0 Å². The van der Waals surface area contributed by atoms with Crippen molar-refractivity contribution in [2.45, 2.75) is 27.3 Å². The van der Waals surface area contributed by atoms with E-state index < -0.39 is 0 Å². The van der Waals surface area contributed by atoms with Gasteiger partial charge in [-0.25, -0.2) is 0 Å². The molecule has 1 amide bonds. The molecule has 0 aliphatic heterocycles. The fraction of sp³-hybridized carbons (Fsp3) is 0.267. The van der Waals surface area contributed by atoms with Crippen molar-refractivity contribution in [3.63, 3.8) is 0 Å². The van der Waals surface area contributed by atoms with Gasteiger partial charge < -0.3 is 9.88 Å². The number of carbonyl (C=O) groups excluding carboxylic acids is 1. The van der Waals surface area contributed by atoms with E-state index in [-0.39, 0.29) is 0 Å². The van der Waals surface area contributed by atoms with E-state index in [1.807, 2.05) is 22.9 Å². The number of carbonyl (C=O) groups is 1. The summed E-state index contributed by atoms with van der Waals surface area (Å²) in [4.78, 5) is 10.5. The van der Waals surface area contributed by atoms with Gasteiger partial charge in [-0.3, -0.25) is 4.79 Å². The van der Waals surface area contributed by atoms with Gasteiger partial charge >= 0.3 is 0 Å². The molecular weight excluding hydrogens is 224 g/mol. The molecule has 18 heavy (non-hydrogen) atoms. The van der Waals surface area contributed by atoms with Crippen LogP contribution in [0.1, 0.15) is 22.3 Å². The predicted octanol–water partition coefficient (Wildman–Crippen LogP) is 3.03. The zero-order valence-electron chi connectivity index (χ0n) is 11.0. The van der Waals surface area contributed by atoms with Gasteiger partial charge in [0.05, 0.1) is 0 Å². The SMILES string of the molecule is Cc1cc(C)c(Cn2cccc2NC=O)c(C)c1. The van der Waals surface area contributed by atoms with Crippen LogP contribution < -0.4 is 5.32 Å². The van der Waals surface area contributed by atoms with Gasteiger partial charge in [0, 0.05) is 12.7 Å². The van der Waals surface area contributed by atoms with E-state index in [1.165, 1.54) is 22.3 Å². The molecular formula is C15H18N2O. The molecule has 0 atom stereocenters. The monoisotopic (exact) mass is 242 g/mol. The van der Waals surface area contributed by atoms with Crippen LogP contribution >= 0.6 is 0 Å². The molecule has 0 fully saturated rings. The summed E-state index contributed by atoms with van der Waals surface area (Å²) in [5.41, 5.74) is 5.18. The third kappa shape index (κ3) is 2.45. The highest BCUT2D eigenvalue weighted by molar-refractivity contribution is 5.69. The highest BCUT2D eigenvalue weighted by Crippen LogP contribution is 2.19. The molecule has 0 saturated heterocycles. The molecule has 0 bridgehead atoms. The van der Waals surface area contributed by atoms with Gasteiger partial charge in [-0.15, -0.1) is 0 Å². The summed E-state index contributed by atoms with van der Waals surface area (Å²) < 4.78 is 2.04. The largest absolute Gasteiger partial charge is 0.330 e. The smallest absolute Gasteiger partial charge is 0.212 e. The molecule has 0 aliphatic rings. The summed E-state index contributed by atoms with van der Waals surface area (Å²) in [5, 5.41) is 2.71. The van der Waals surface area contributed by atoms with Gasteiger partial charge in [-0.1, -0.05) is 17.7 Å². The van der Waals surface area contributed by atoms with Crippen molar-refractivity contribution in [1.29, 1.82) is 0 Å². The number of hydrogen-bond acceptors (Lipinski definition) is 1. The van der Waals surface area contributed by atoms with Crippen molar-refractivity contribution in [3.8, 4) is 0 Å². The van der Waals surface area contributed by atoms with Crippen LogP contribution in [0.2, 0.25) is 0 Å². The van der Waals surface area contributed by atoms with Crippen molar-refractivity contribution >= 4 is 12.2 Å². The van der Waals surface area contributed by atoms with Crippen LogP contribution in [-0.4, -0.2) is 11.0 Å². The van der Waals surface area contributed by atoms with Crippen molar-refractivity contribution in [3.05, 3.63) is 52.7 Å². The molecule has 1 N–H and O–H groups in total. The van der Waals surface area contributed by atoms with Crippen LogP contribution in [0.4, 0.5) is 5.82 Å². The molecule has 0 saturated carbocycles. The first-order valence-corrected chi connectivity index (χ1v) is 6.04. The average molecular weight is 242 g/mol. The van der Waals surface area contributed by atoms with E-state index in [4.69, 9.17) is 0 Å². The first-order chi connectivity index (χ1) is 8.61. The Hall–Kier alpha value is -2.03. The Bertz CT molecular complexity index is 547. The Balaban J connectivity index is 2.34. The lowest BCUT2D eigenvalue weighted by Gasteiger charge is -2.14. The van der Waals surface area contributed by atoms with Gasteiger partial charge in [-0.2, -0.15) is 0 Å². The summed E-state index contributed by atoms with van der Waals surface area (Å²) in [6.07, 6.45) is 2.69. The summed E-state index contributed by atoms with van der Waals surface area (Å²) in [7, 11) is 0. The predicted molar refractivity (Wildman–Crippen MR) is 73.9 cm³/mol. The molecule has 94 valence electrons. The zero-order chi connectivity index (χ0) is 13.1. The number of amides is 1. The van der Waals surface area contributed by atoms with E-state index in [0.29, 0.717) is 6.41 Å². The maximum Gasteiger partial charge on any atom is 0.212 e. The van der Waals surface area contributed by atoms with Crippen LogP contribution in [0.5, 0.6) is 0 Å². The van der Waals surface area contributed by atoms with Crippen molar-refractivity contribution < 1.29 is 4.79 Å². The minimum Gasteiger partial charge on any atom is -0.330 e. The molecule has 1 aromatic heterocycles. The Morgan fingerprint density at radius 3 is 2.50 bits per heavy atom. The number of nitrogens with one attached hydrogen (secondary N) is 1. The van der Waals surface area contributed by atoms with Crippen LogP contribution in [-0.2, 0) is 11.3 Å². The molecule has 1 aromatic carbocycles. The third-order valence-corrected chi connectivity index (χ3v) is 3.21. The summed E-state index contributed by atoms with van der Waals surface area (Å²) in [6, 6.07) is 8.22. The van der Waals surface area contributed by atoms with Crippen molar-refractivity contribution in [1.82, 2.24) is 4.57 Å². The molecule has 0 spiro atoms. The van der Waals surface area contributed by atoms with E-state index >= 15 is 0 Å². The highest BCUT2D eigenvalue weighted by atomic mass is 16.1. The molecule has 0 unspecified atom stereocenters. The minimum atomic E-state index is 0.709. The second-order valence-corrected chi connectivity index (χ2v) is 4.66. The van der Waals surface area contributed by atoms with E-state index in [1.54, 1.807) is 0 Å². The standard InChI is InChI=1S/C15H18N2O/c1-11-7-12(2)14(13(3)8-11)9-17-6-4-5-15(17)16-10-18/h4-8,10H,9H2,1-3H3,(H,16,18). The van der Waals surface area contributed by atoms with Crippen molar-refractivity contribution in [2.75, 3.05) is 5.32 Å². The summed E-state index contributed by atoms with van der Waals surface area (Å²) in [6.45, 7) is 7.15. The minimum absolute atomic E-state index is 0.709. The lowest BCUT2D eigenvalue weighted by atomic mass is 10.00. The van der Waals surface area contributed by atoms with E-state index in [0.717, 1.165) is 12.4 Å². The Morgan fingerprint density at radius 2 is 1.89 bits per heavy atom. The lowest BCUT2D eigenvalue weighted by Crippen LogP contribution is -2.07.